The van der Waals surface area contributed by atoms with Crippen molar-refractivity contribution in [3.63, 3.8) is 0 Å². The average Bonchev–Trinajstić information content (AvgIpc) is 2.82. The van der Waals surface area contributed by atoms with E-state index < -0.39 is 0 Å². The van der Waals surface area contributed by atoms with Crippen molar-refractivity contribution in [3.05, 3.63) is 40.9 Å². The minimum atomic E-state index is 0.182. The fraction of sp³-hybridized carbons (Fsp3) is 0.286. The molecule has 0 amide bonds. The Labute approximate surface area is 116 Å². The van der Waals surface area contributed by atoms with Gasteiger partial charge in [-0.1, -0.05) is 12.1 Å². The van der Waals surface area contributed by atoms with Gasteiger partial charge in [0.2, 0.25) is 0 Å². The number of anilines is 1. The first kappa shape index (κ1) is 13.5. The number of Topliss-reactive ketones (excluding diaryl/α,β-unsaturated/α-hetero) is 1. The van der Waals surface area contributed by atoms with E-state index in [1.807, 2.05) is 29.6 Å². The van der Waals surface area contributed by atoms with Gasteiger partial charge in [0.1, 0.15) is 11.5 Å². The number of benzene rings is 1. The zero-order valence-corrected chi connectivity index (χ0v) is 11.6. The van der Waals surface area contributed by atoms with Gasteiger partial charge in [0.25, 0.3) is 0 Å². The van der Waals surface area contributed by atoms with Crippen molar-refractivity contribution in [1.82, 2.24) is 4.98 Å². The number of hydrogen-bond acceptors (Lipinski definition) is 5. The van der Waals surface area contributed by atoms with Crippen LogP contribution >= 0.6 is 11.3 Å². The number of methoxy groups -OCH3 is 1. The lowest BCUT2D eigenvalue weighted by molar-refractivity contribution is -0.118. The number of ether oxygens (including phenoxy) is 1. The summed E-state index contributed by atoms with van der Waals surface area (Å²) in [5, 5.41) is 2.35. The standard InChI is InChI=1S/C14H16N2O2S/c1-18-13-6-3-10(4-7-13)2-5-12(17)8-11-9-19-14(15)16-11/h3-4,6-7,9H,2,5,8H2,1H3,(H2,15,16). The molecule has 100 valence electrons. The number of aromatic nitrogens is 1. The summed E-state index contributed by atoms with van der Waals surface area (Å²) in [6.45, 7) is 0. The maximum absolute atomic E-state index is 11.8. The molecule has 2 N–H and O–H groups in total. The molecule has 2 rings (SSSR count). The molecular formula is C14H16N2O2S. The highest BCUT2D eigenvalue weighted by Crippen LogP contribution is 2.15. The molecule has 0 saturated carbocycles. The topological polar surface area (TPSA) is 65.2 Å². The molecule has 2 aromatic rings. The molecule has 0 aliphatic rings. The maximum Gasteiger partial charge on any atom is 0.180 e. The van der Waals surface area contributed by atoms with Crippen LogP contribution in [0.4, 0.5) is 5.13 Å². The number of carbonyl (C=O) groups is 1. The number of nitrogens with zero attached hydrogens (tertiary/aromatic N) is 1. The summed E-state index contributed by atoms with van der Waals surface area (Å²) in [4.78, 5) is 15.9. The van der Waals surface area contributed by atoms with Crippen molar-refractivity contribution in [2.75, 3.05) is 12.8 Å². The Bertz CT molecular complexity index is 549. The first-order valence-electron chi connectivity index (χ1n) is 6.02. The molecule has 0 bridgehead atoms. The summed E-state index contributed by atoms with van der Waals surface area (Å²) in [5.41, 5.74) is 7.43. The van der Waals surface area contributed by atoms with E-state index >= 15 is 0 Å². The van der Waals surface area contributed by atoms with Crippen LogP contribution in [0, 0.1) is 0 Å². The molecule has 5 heteroatoms. The summed E-state index contributed by atoms with van der Waals surface area (Å²) < 4.78 is 5.09. The molecule has 0 spiro atoms. The second-order valence-electron chi connectivity index (χ2n) is 4.24. The minimum absolute atomic E-state index is 0.182. The quantitative estimate of drug-likeness (QED) is 0.880. The van der Waals surface area contributed by atoms with Gasteiger partial charge in [-0.05, 0) is 24.1 Å². The minimum Gasteiger partial charge on any atom is -0.497 e. The summed E-state index contributed by atoms with van der Waals surface area (Å²) in [6, 6.07) is 7.77. The van der Waals surface area contributed by atoms with Crippen LogP contribution in [0.3, 0.4) is 0 Å². The van der Waals surface area contributed by atoms with Crippen LogP contribution in [0.1, 0.15) is 17.7 Å². The van der Waals surface area contributed by atoms with E-state index in [1.54, 1.807) is 7.11 Å². The smallest absolute Gasteiger partial charge is 0.180 e. The lowest BCUT2D eigenvalue weighted by atomic mass is 10.1. The molecule has 0 aliphatic carbocycles. The molecule has 19 heavy (non-hydrogen) atoms. The number of carbonyl (C=O) groups excluding carboxylic acids is 1. The van der Waals surface area contributed by atoms with Crippen LogP contribution in [-0.4, -0.2) is 17.9 Å². The van der Waals surface area contributed by atoms with Gasteiger partial charge in [-0.25, -0.2) is 4.98 Å². The van der Waals surface area contributed by atoms with Gasteiger partial charge in [0, 0.05) is 18.2 Å². The molecule has 1 aromatic carbocycles. The molecule has 0 fully saturated rings. The molecular weight excluding hydrogens is 260 g/mol. The molecule has 0 radical (unpaired) electrons. The predicted molar refractivity (Wildman–Crippen MR) is 76.6 cm³/mol. The SMILES string of the molecule is COc1ccc(CCC(=O)Cc2csc(N)n2)cc1. The first-order valence-corrected chi connectivity index (χ1v) is 6.90. The molecule has 1 aromatic heterocycles. The van der Waals surface area contributed by atoms with Crippen LogP contribution in [0.15, 0.2) is 29.6 Å². The van der Waals surface area contributed by atoms with Gasteiger partial charge < -0.3 is 10.5 Å². The zero-order chi connectivity index (χ0) is 13.7. The highest BCUT2D eigenvalue weighted by Gasteiger charge is 2.07. The van der Waals surface area contributed by atoms with E-state index in [2.05, 4.69) is 4.98 Å². The fourth-order valence-electron chi connectivity index (χ4n) is 1.77. The van der Waals surface area contributed by atoms with Gasteiger partial charge in [-0.2, -0.15) is 0 Å². The summed E-state index contributed by atoms with van der Waals surface area (Å²) in [6.07, 6.45) is 1.62. The lowest BCUT2D eigenvalue weighted by Crippen LogP contribution is -2.04. The largest absolute Gasteiger partial charge is 0.497 e. The Morgan fingerprint density at radius 2 is 2.11 bits per heavy atom. The van der Waals surface area contributed by atoms with Gasteiger partial charge in [0.15, 0.2) is 5.13 Å². The summed E-state index contributed by atoms with van der Waals surface area (Å²) in [5.74, 6) is 1.01. The Balaban J connectivity index is 1.82. The second kappa shape index (κ2) is 6.33. The van der Waals surface area contributed by atoms with Gasteiger partial charge in [0.05, 0.1) is 12.8 Å². The number of thiazole rings is 1. The van der Waals surface area contributed by atoms with Crippen LogP contribution in [-0.2, 0) is 17.6 Å². The van der Waals surface area contributed by atoms with E-state index in [4.69, 9.17) is 10.5 Å². The summed E-state index contributed by atoms with van der Waals surface area (Å²) >= 11 is 1.37. The van der Waals surface area contributed by atoms with Crippen molar-refractivity contribution >= 4 is 22.3 Å². The van der Waals surface area contributed by atoms with E-state index in [-0.39, 0.29) is 5.78 Å². The van der Waals surface area contributed by atoms with Crippen molar-refractivity contribution in [3.8, 4) is 5.75 Å². The van der Waals surface area contributed by atoms with Gasteiger partial charge >= 0.3 is 0 Å². The number of ketones is 1. The van der Waals surface area contributed by atoms with Crippen molar-refractivity contribution < 1.29 is 9.53 Å². The fourth-order valence-corrected chi connectivity index (χ4v) is 2.33. The first-order chi connectivity index (χ1) is 9.17. The number of aryl methyl sites for hydroxylation is 1. The molecule has 1 heterocycles. The van der Waals surface area contributed by atoms with Crippen molar-refractivity contribution in [2.45, 2.75) is 19.3 Å². The third-order valence-electron chi connectivity index (χ3n) is 2.80. The molecule has 4 nitrogen and oxygen atoms in total. The average molecular weight is 276 g/mol. The highest BCUT2D eigenvalue weighted by atomic mass is 32.1. The molecule has 0 atom stereocenters. The van der Waals surface area contributed by atoms with Crippen LogP contribution in [0.2, 0.25) is 0 Å². The monoisotopic (exact) mass is 276 g/mol. The van der Waals surface area contributed by atoms with Crippen LogP contribution in [0.5, 0.6) is 5.75 Å². The lowest BCUT2D eigenvalue weighted by Gasteiger charge is -2.03. The van der Waals surface area contributed by atoms with Crippen LogP contribution in [0.25, 0.3) is 0 Å². The molecule has 0 saturated heterocycles. The number of hydrogen-bond donors (Lipinski definition) is 1. The van der Waals surface area contributed by atoms with E-state index in [0.29, 0.717) is 18.0 Å². The maximum atomic E-state index is 11.8. The van der Waals surface area contributed by atoms with Gasteiger partial charge in [-0.3, -0.25) is 4.79 Å². The third-order valence-corrected chi connectivity index (χ3v) is 3.52. The van der Waals surface area contributed by atoms with E-state index in [1.165, 1.54) is 11.3 Å². The zero-order valence-electron chi connectivity index (χ0n) is 10.8. The Morgan fingerprint density at radius 1 is 1.37 bits per heavy atom. The molecule has 0 unspecified atom stereocenters. The summed E-state index contributed by atoms with van der Waals surface area (Å²) in [7, 11) is 1.64. The number of rotatable bonds is 6. The molecule has 0 aliphatic heterocycles. The predicted octanol–water partition coefficient (Wildman–Crippen LogP) is 2.48. The Kier molecular flexibility index (Phi) is 4.52. The highest BCUT2D eigenvalue weighted by molar-refractivity contribution is 7.13. The van der Waals surface area contributed by atoms with E-state index in [0.717, 1.165) is 23.4 Å². The normalized spacial score (nSPS) is 10.4. The van der Waals surface area contributed by atoms with E-state index in [9.17, 15) is 4.79 Å². The second-order valence-corrected chi connectivity index (χ2v) is 5.13. The van der Waals surface area contributed by atoms with Gasteiger partial charge in [-0.15, -0.1) is 11.3 Å². The Hall–Kier alpha value is -1.88. The van der Waals surface area contributed by atoms with Crippen LogP contribution < -0.4 is 10.5 Å². The third kappa shape index (κ3) is 4.06. The number of nitrogens with two attached hydrogens (primary N) is 1. The van der Waals surface area contributed by atoms with Crippen molar-refractivity contribution in [2.24, 2.45) is 0 Å². The van der Waals surface area contributed by atoms with Crippen molar-refractivity contribution in [1.29, 1.82) is 0 Å². The Morgan fingerprint density at radius 3 is 2.68 bits per heavy atom. The number of nitrogen functional groups attached to an aromatic ring is 1.